The molecule has 4 aromatic rings. The van der Waals surface area contributed by atoms with Crippen LogP contribution in [0.4, 0.5) is 0 Å². The molecule has 0 amide bonds. The van der Waals surface area contributed by atoms with Gasteiger partial charge in [-0.15, -0.1) is 0 Å². The number of hydrogen-bond acceptors (Lipinski definition) is 4. The van der Waals surface area contributed by atoms with Crippen LogP contribution in [-0.4, -0.2) is 14.2 Å². The molecule has 212 valence electrons. The topological polar surface area (TPSA) is 36.9 Å². The molecule has 0 radical (unpaired) electrons. The Morgan fingerprint density at radius 2 is 0.538 bits per heavy atom. The van der Waals surface area contributed by atoms with E-state index < -0.39 is 0 Å². The van der Waals surface area contributed by atoms with Crippen molar-refractivity contribution >= 4 is 0 Å². The van der Waals surface area contributed by atoms with Gasteiger partial charge >= 0.3 is 0 Å². The number of rotatable bonds is 8. The molecule has 0 aliphatic carbocycles. The Kier molecular flexibility index (Phi) is 19.9. The van der Waals surface area contributed by atoms with Crippen molar-refractivity contribution in [3.63, 3.8) is 0 Å². The minimum absolute atomic E-state index is 0.779. The summed E-state index contributed by atoms with van der Waals surface area (Å²) in [5.74, 6) is 4.78. The van der Waals surface area contributed by atoms with Gasteiger partial charge in [-0.1, -0.05) is 79.7 Å². The average Bonchev–Trinajstić information content (AvgIpc) is 3.04. The number of methoxy groups -OCH3 is 2. The van der Waals surface area contributed by atoms with Gasteiger partial charge in [-0.3, -0.25) is 0 Å². The fraction of sp³-hybridized carbons (Fsp3) is 0.314. The Hall–Kier alpha value is -3.92. The van der Waals surface area contributed by atoms with Gasteiger partial charge in [0.2, 0.25) is 0 Å². The predicted molar refractivity (Wildman–Crippen MR) is 167 cm³/mol. The quantitative estimate of drug-likeness (QED) is 0.226. The van der Waals surface area contributed by atoms with Crippen LogP contribution in [0.3, 0.4) is 0 Å². The van der Waals surface area contributed by atoms with E-state index in [9.17, 15) is 0 Å². The zero-order valence-electron chi connectivity index (χ0n) is 25.6. The molecule has 0 heterocycles. The molecular weight excluding hydrogens is 484 g/mol. The Morgan fingerprint density at radius 3 is 0.769 bits per heavy atom. The van der Waals surface area contributed by atoms with Crippen molar-refractivity contribution in [2.45, 2.75) is 61.8 Å². The van der Waals surface area contributed by atoms with Crippen molar-refractivity contribution < 1.29 is 18.9 Å². The van der Waals surface area contributed by atoms with E-state index in [1.165, 1.54) is 11.1 Å². The summed E-state index contributed by atoms with van der Waals surface area (Å²) in [6.07, 6.45) is 0.839. The highest BCUT2D eigenvalue weighted by molar-refractivity contribution is 5.39. The van der Waals surface area contributed by atoms with Gasteiger partial charge < -0.3 is 18.9 Å². The molecule has 4 nitrogen and oxygen atoms in total. The summed E-state index contributed by atoms with van der Waals surface area (Å²) in [5.41, 5.74) is 2.43. The highest BCUT2D eigenvalue weighted by atomic mass is 16.5. The molecule has 4 aromatic carbocycles. The van der Waals surface area contributed by atoms with E-state index >= 15 is 0 Å². The molecule has 4 heteroatoms. The van der Waals surface area contributed by atoms with Crippen molar-refractivity contribution in [3.8, 4) is 34.5 Å². The minimum atomic E-state index is 0.779. The number of hydrogen-bond donors (Lipinski definition) is 0. The van der Waals surface area contributed by atoms with Gasteiger partial charge in [0.05, 0.1) is 14.2 Å². The van der Waals surface area contributed by atoms with Crippen molar-refractivity contribution in [3.05, 3.63) is 108 Å². The molecule has 0 aliphatic rings. The van der Waals surface area contributed by atoms with Crippen LogP contribution in [0.1, 0.15) is 66.5 Å². The van der Waals surface area contributed by atoms with E-state index in [0.29, 0.717) is 0 Å². The summed E-state index contributed by atoms with van der Waals surface area (Å²) in [7, 11) is 3.30. The molecule has 39 heavy (non-hydrogen) atoms. The van der Waals surface area contributed by atoms with Crippen molar-refractivity contribution in [1.29, 1.82) is 0 Å². The SMILES string of the molecule is CC.CC.CC.CC.COc1ccc(Oc2ccc(Cc3ccc(Oc4ccc(OC)cc4)cc3)cc2)cc1. The van der Waals surface area contributed by atoms with Gasteiger partial charge in [0, 0.05) is 0 Å². The molecule has 0 unspecified atom stereocenters. The zero-order chi connectivity index (χ0) is 29.5. The van der Waals surface area contributed by atoms with E-state index in [0.717, 1.165) is 40.9 Å². The third kappa shape index (κ3) is 12.9. The summed E-state index contributed by atoms with van der Waals surface area (Å²) in [6, 6.07) is 31.4. The summed E-state index contributed by atoms with van der Waals surface area (Å²) >= 11 is 0. The second kappa shape index (κ2) is 22.1. The summed E-state index contributed by atoms with van der Waals surface area (Å²) in [5, 5.41) is 0. The molecule has 0 spiro atoms. The first-order valence-electron chi connectivity index (χ1n) is 14.0. The Balaban J connectivity index is 0.00000166. The smallest absolute Gasteiger partial charge is 0.127 e. The molecule has 0 aromatic heterocycles. The lowest BCUT2D eigenvalue weighted by Crippen LogP contribution is -1.90. The van der Waals surface area contributed by atoms with E-state index in [1.807, 2.05) is 128 Å². The molecule has 0 saturated carbocycles. The largest absolute Gasteiger partial charge is 0.497 e. The number of benzene rings is 4. The molecule has 4 rings (SSSR count). The molecule has 0 aliphatic heterocycles. The van der Waals surface area contributed by atoms with Crippen LogP contribution in [0, 0.1) is 0 Å². The van der Waals surface area contributed by atoms with Gasteiger partial charge in [-0.25, -0.2) is 0 Å². The summed E-state index contributed by atoms with van der Waals surface area (Å²) < 4.78 is 22.1. The second-order valence-electron chi connectivity index (χ2n) is 7.02. The normalized spacial score (nSPS) is 8.87. The van der Waals surface area contributed by atoms with Crippen molar-refractivity contribution in [1.82, 2.24) is 0 Å². The molecule has 0 fully saturated rings. The Labute approximate surface area is 237 Å². The fourth-order valence-electron chi connectivity index (χ4n) is 3.15. The predicted octanol–water partition coefficient (Wildman–Crippen LogP) is 11.0. The highest BCUT2D eigenvalue weighted by Gasteiger charge is 2.02. The maximum Gasteiger partial charge on any atom is 0.127 e. The fourth-order valence-corrected chi connectivity index (χ4v) is 3.15. The lowest BCUT2D eigenvalue weighted by molar-refractivity contribution is 0.413. The van der Waals surface area contributed by atoms with Crippen LogP contribution in [0.15, 0.2) is 97.1 Å². The Bertz CT molecular complexity index is 994. The van der Waals surface area contributed by atoms with Gasteiger partial charge in [0.1, 0.15) is 34.5 Å². The summed E-state index contributed by atoms with van der Waals surface area (Å²) in [4.78, 5) is 0. The van der Waals surface area contributed by atoms with Gasteiger partial charge in [0.25, 0.3) is 0 Å². The zero-order valence-corrected chi connectivity index (χ0v) is 25.6. The Morgan fingerprint density at radius 1 is 0.333 bits per heavy atom. The van der Waals surface area contributed by atoms with Crippen LogP contribution >= 0.6 is 0 Å². The third-order valence-corrected chi connectivity index (χ3v) is 4.85. The van der Waals surface area contributed by atoms with Crippen LogP contribution < -0.4 is 18.9 Å². The maximum absolute atomic E-state index is 5.89. The van der Waals surface area contributed by atoms with Crippen LogP contribution in [-0.2, 0) is 6.42 Å². The van der Waals surface area contributed by atoms with Gasteiger partial charge in [-0.2, -0.15) is 0 Å². The van der Waals surface area contributed by atoms with Crippen molar-refractivity contribution in [2.75, 3.05) is 14.2 Å². The highest BCUT2D eigenvalue weighted by Crippen LogP contribution is 2.26. The third-order valence-electron chi connectivity index (χ3n) is 4.85. The lowest BCUT2D eigenvalue weighted by Gasteiger charge is -2.09. The van der Waals surface area contributed by atoms with Gasteiger partial charge in [0.15, 0.2) is 0 Å². The van der Waals surface area contributed by atoms with Crippen molar-refractivity contribution in [2.24, 2.45) is 0 Å². The second-order valence-corrected chi connectivity index (χ2v) is 7.02. The van der Waals surface area contributed by atoms with Crippen LogP contribution in [0.25, 0.3) is 0 Å². The lowest BCUT2D eigenvalue weighted by atomic mass is 10.0. The van der Waals surface area contributed by atoms with Crippen LogP contribution in [0.2, 0.25) is 0 Å². The van der Waals surface area contributed by atoms with E-state index in [2.05, 4.69) is 24.3 Å². The van der Waals surface area contributed by atoms with E-state index in [1.54, 1.807) is 14.2 Å². The van der Waals surface area contributed by atoms with Crippen LogP contribution in [0.5, 0.6) is 34.5 Å². The van der Waals surface area contributed by atoms with E-state index in [-0.39, 0.29) is 0 Å². The molecule has 0 atom stereocenters. The monoisotopic (exact) mass is 532 g/mol. The van der Waals surface area contributed by atoms with Gasteiger partial charge in [-0.05, 0) is 90.3 Å². The molecule has 0 saturated heterocycles. The minimum Gasteiger partial charge on any atom is -0.497 e. The summed E-state index contributed by atoms with van der Waals surface area (Å²) in [6.45, 7) is 16.0. The first-order chi connectivity index (χ1) is 19.2. The first kappa shape index (κ1) is 35.1. The average molecular weight is 533 g/mol. The molecular formula is C35H48O4. The number of ether oxygens (including phenoxy) is 4. The van der Waals surface area contributed by atoms with E-state index in [4.69, 9.17) is 18.9 Å². The first-order valence-corrected chi connectivity index (χ1v) is 14.0. The molecule has 0 bridgehead atoms. The maximum atomic E-state index is 5.89. The molecule has 0 N–H and O–H groups in total. The standard InChI is InChI=1S/C27H24O4.4C2H6/c1-28-22-11-15-26(16-12-22)30-24-7-3-20(4-8-24)19-21-5-9-25(10-6-21)31-27-17-13-23(29-2)14-18-27;4*1-2/h3-18H,19H2,1-2H3;4*1-2H3.